The van der Waals surface area contributed by atoms with Crippen molar-refractivity contribution in [3.05, 3.63) is 125 Å². The normalized spacial score (nSPS) is 11.9. The first kappa shape index (κ1) is 22.0. The Labute approximate surface area is 190 Å². The van der Waals surface area contributed by atoms with Gasteiger partial charge in [-0.3, -0.25) is 15.1 Å². The second-order valence-corrected chi connectivity index (χ2v) is 8.92. The average Bonchev–Trinajstić information content (AvgIpc) is 2.84. The molecule has 9 heteroatoms. The molecule has 8 nitrogen and oxygen atoms in total. The summed E-state index contributed by atoms with van der Waals surface area (Å²) in [4.78, 5) is 15.1. The molecule has 1 aromatic heterocycles. The van der Waals surface area contributed by atoms with E-state index in [1.165, 1.54) is 18.3 Å². The Balaban J connectivity index is 1.83. The van der Waals surface area contributed by atoms with Crippen LogP contribution in [0.3, 0.4) is 0 Å². The zero-order valence-corrected chi connectivity index (χ0v) is 18.2. The van der Waals surface area contributed by atoms with E-state index in [0.29, 0.717) is 17.2 Å². The number of hydrogen-bond donors (Lipinski definition) is 1. The van der Waals surface area contributed by atoms with Gasteiger partial charge in [-0.15, -0.1) is 0 Å². The van der Waals surface area contributed by atoms with Gasteiger partial charge < -0.3 is 14.4 Å². The van der Waals surface area contributed by atoms with E-state index in [1.807, 2.05) is 6.07 Å². The first-order valence-electron chi connectivity index (χ1n) is 10.0. The van der Waals surface area contributed by atoms with Gasteiger partial charge in [0.1, 0.15) is 11.5 Å². The molecule has 0 aliphatic heterocycles. The molecule has 166 valence electrons. The fourth-order valence-corrected chi connectivity index (χ4v) is 4.94. The Morgan fingerprint density at radius 3 is 1.85 bits per heavy atom. The predicted octanol–water partition coefficient (Wildman–Crippen LogP) is 6.45. The van der Waals surface area contributed by atoms with Gasteiger partial charge in [-0.1, -0.05) is 54.6 Å². The third-order valence-corrected chi connectivity index (χ3v) is 6.56. The lowest BCUT2D eigenvalue weighted by atomic mass is 10.3. The van der Waals surface area contributed by atoms with Crippen molar-refractivity contribution in [2.24, 2.45) is 0 Å². The molecular formula is C24H20N3O5P. The second-order valence-electron chi connectivity index (χ2n) is 6.96. The molecule has 4 rings (SSSR count). The molecule has 0 saturated carbocycles. The van der Waals surface area contributed by atoms with E-state index in [4.69, 9.17) is 9.05 Å². The summed E-state index contributed by atoms with van der Waals surface area (Å²) in [5.41, 5.74) is 0.568. The van der Waals surface area contributed by atoms with E-state index < -0.39 is 18.3 Å². The molecule has 1 atom stereocenters. The molecule has 0 aliphatic rings. The topological polar surface area (TPSA) is 104 Å². The molecule has 1 N–H and O–H groups in total. The summed E-state index contributed by atoms with van der Waals surface area (Å²) < 4.78 is 26.3. The van der Waals surface area contributed by atoms with Crippen molar-refractivity contribution >= 4 is 19.0 Å². The lowest BCUT2D eigenvalue weighted by molar-refractivity contribution is -0.385. The Kier molecular flexibility index (Phi) is 6.66. The number of pyridine rings is 1. The summed E-state index contributed by atoms with van der Waals surface area (Å²) in [6.07, 6.45) is 1.29. The van der Waals surface area contributed by atoms with E-state index in [1.54, 1.807) is 84.9 Å². The van der Waals surface area contributed by atoms with Gasteiger partial charge in [0.15, 0.2) is 5.78 Å². The van der Waals surface area contributed by atoms with Gasteiger partial charge in [0.05, 0.1) is 10.6 Å². The molecule has 1 heterocycles. The van der Waals surface area contributed by atoms with Crippen LogP contribution < -0.4 is 14.4 Å². The summed E-state index contributed by atoms with van der Waals surface area (Å²) in [7, 11) is -4.11. The van der Waals surface area contributed by atoms with Crippen molar-refractivity contribution in [2.45, 2.75) is 5.78 Å². The molecule has 1 unspecified atom stereocenters. The smallest absolute Gasteiger partial charge is 0.414 e. The number of aromatic nitrogens is 1. The van der Waals surface area contributed by atoms with Crippen LogP contribution in [0.2, 0.25) is 0 Å². The van der Waals surface area contributed by atoms with Crippen LogP contribution in [-0.2, 0) is 4.57 Å². The molecule has 0 radical (unpaired) electrons. The third-order valence-electron chi connectivity index (χ3n) is 4.60. The number of rotatable bonds is 9. The van der Waals surface area contributed by atoms with E-state index in [2.05, 4.69) is 10.3 Å². The van der Waals surface area contributed by atoms with Crippen LogP contribution in [0.15, 0.2) is 109 Å². The number of nitrogens with zero attached hydrogens (tertiary/aromatic N) is 2. The maximum atomic E-state index is 14.4. The van der Waals surface area contributed by atoms with Gasteiger partial charge in [-0.05, 0) is 36.4 Å². The summed E-state index contributed by atoms with van der Waals surface area (Å²) in [5, 5.41) is 14.5. The zero-order chi connectivity index (χ0) is 23.1. The van der Waals surface area contributed by atoms with Crippen molar-refractivity contribution in [3.8, 4) is 11.5 Å². The number of para-hydroxylation sites is 3. The fraction of sp³-hybridized carbons (Fsp3) is 0.0417. The highest BCUT2D eigenvalue weighted by molar-refractivity contribution is 7.55. The molecule has 0 amide bonds. The van der Waals surface area contributed by atoms with Crippen molar-refractivity contribution in [1.82, 2.24) is 4.98 Å². The zero-order valence-electron chi connectivity index (χ0n) is 17.4. The lowest BCUT2D eigenvalue weighted by Gasteiger charge is -2.28. The highest BCUT2D eigenvalue weighted by Gasteiger charge is 2.42. The summed E-state index contributed by atoms with van der Waals surface area (Å²) in [5.74, 6) is -0.510. The number of nitrogens with one attached hydrogen (secondary N) is 1. The van der Waals surface area contributed by atoms with Gasteiger partial charge in [-0.2, -0.15) is 0 Å². The van der Waals surface area contributed by atoms with Gasteiger partial charge in [-0.25, -0.2) is 4.57 Å². The Bertz CT molecular complexity index is 1210. The van der Waals surface area contributed by atoms with Gasteiger partial charge in [0.25, 0.3) is 5.69 Å². The molecule has 3 aromatic carbocycles. The SMILES string of the molecule is O=[N+]([O-])c1ccnc(C(Nc2ccccc2)P(=O)(Oc2ccccc2)Oc2ccccc2)c1. The molecule has 33 heavy (non-hydrogen) atoms. The Morgan fingerprint density at radius 1 is 0.818 bits per heavy atom. The maximum absolute atomic E-state index is 14.4. The monoisotopic (exact) mass is 461 g/mol. The number of hydrogen-bond acceptors (Lipinski definition) is 7. The van der Waals surface area contributed by atoms with E-state index in [-0.39, 0.29) is 11.4 Å². The van der Waals surface area contributed by atoms with E-state index in [9.17, 15) is 14.7 Å². The van der Waals surface area contributed by atoms with Gasteiger partial charge in [0.2, 0.25) is 0 Å². The fourth-order valence-electron chi connectivity index (χ4n) is 3.09. The number of benzene rings is 3. The molecule has 0 fully saturated rings. The second kappa shape index (κ2) is 9.97. The summed E-state index contributed by atoms with van der Waals surface area (Å²) >= 11 is 0. The van der Waals surface area contributed by atoms with Crippen LogP contribution >= 0.6 is 7.60 Å². The molecular weight excluding hydrogens is 441 g/mol. The largest absolute Gasteiger partial charge is 0.459 e. The standard InChI is InChI=1S/C24H20N3O5P/c28-27(29)20-16-17-25-23(18-20)24(26-19-10-4-1-5-11-19)33(30,31-21-12-6-2-7-13-21)32-22-14-8-3-9-15-22/h1-18,24,26H. The molecule has 0 aliphatic carbocycles. The van der Waals surface area contributed by atoms with Crippen LogP contribution in [0.25, 0.3) is 0 Å². The molecule has 0 bridgehead atoms. The van der Waals surface area contributed by atoms with Crippen molar-refractivity contribution in [2.75, 3.05) is 5.32 Å². The van der Waals surface area contributed by atoms with E-state index in [0.717, 1.165) is 0 Å². The molecule has 0 spiro atoms. The minimum Gasteiger partial charge on any atom is -0.414 e. The summed E-state index contributed by atoms with van der Waals surface area (Å²) in [6, 6.07) is 28.7. The van der Waals surface area contributed by atoms with Gasteiger partial charge >= 0.3 is 7.60 Å². The van der Waals surface area contributed by atoms with Gasteiger partial charge in [0, 0.05) is 24.0 Å². The highest BCUT2D eigenvalue weighted by atomic mass is 31.2. The quantitative estimate of drug-likeness (QED) is 0.173. The number of nitro groups is 1. The minimum atomic E-state index is -4.11. The molecule has 0 saturated heterocycles. The van der Waals surface area contributed by atoms with E-state index >= 15 is 0 Å². The van der Waals surface area contributed by atoms with Crippen LogP contribution in [0, 0.1) is 10.1 Å². The van der Waals surface area contributed by atoms with Crippen molar-refractivity contribution in [1.29, 1.82) is 0 Å². The highest BCUT2D eigenvalue weighted by Crippen LogP contribution is 2.59. The summed E-state index contributed by atoms with van der Waals surface area (Å²) in [6.45, 7) is 0. The van der Waals surface area contributed by atoms with Crippen LogP contribution in [0.4, 0.5) is 11.4 Å². The van der Waals surface area contributed by atoms with Crippen molar-refractivity contribution in [3.63, 3.8) is 0 Å². The third kappa shape index (κ3) is 5.56. The minimum absolute atomic E-state index is 0.142. The Morgan fingerprint density at radius 2 is 1.33 bits per heavy atom. The first-order chi connectivity index (χ1) is 16.0. The lowest BCUT2D eigenvalue weighted by Crippen LogP contribution is -2.19. The van der Waals surface area contributed by atoms with Crippen LogP contribution in [0.5, 0.6) is 11.5 Å². The van der Waals surface area contributed by atoms with Crippen LogP contribution in [0.1, 0.15) is 11.5 Å². The maximum Gasteiger partial charge on any atom is 0.459 e. The van der Waals surface area contributed by atoms with Crippen LogP contribution in [-0.4, -0.2) is 9.91 Å². The predicted molar refractivity (Wildman–Crippen MR) is 125 cm³/mol. The van der Waals surface area contributed by atoms with Crippen molar-refractivity contribution < 1.29 is 18.5 Å². The number of anilines is 1. The average molecular weight is 461 g/mol. The first-order valence-corrected chi connectivity index (χ1v) is 11.7. The molecule has 4 aromatic rings. The Hall–Kier alpha value is -4.16.